The van der Waals surface area contributed by atoms with Crippen molar-refractivity contribution in [2.24, 2.45) is 0 Å². The molecule has 1 aliphatic carbocycles. The number of benzene rings is 1. The number of H-pyrrole nitrogens is 1. The van der Waals surface area contributed by atoms with Crippen molar-refractivity contribution in [3.05, 3.63) is 35.0 Å². The molecule has 90 valence electrons. The monoisotopic (exact) mass is 228 g/mol. The largest absolute Gasteiger partial charge is 0.358 e. The molecule has 0 spiro atoms. The third-order valence-corrected chi connectivity index (χ3v) is 3.66. The maximum Gasteiger partial charge on any atom is 0.0461 e. The average molecular weight is 228 g/mol. The van der Waals surface area contributed by atoms with Crippen molar-refractivity contribution >= 4 is 10.9 Å². The Morgan fingerprint density at radius 3 is 2.88 bits per heavy atom. The van der Waals surface area contributed by atoms with Gasteiger partial charge in [-0.3, -0.25) is 0 Å². The third kappa shape index (κ3) is 2.22. The molecule has 2 heteroatoms. The smallest absolute Gasteiger partial charge is 0.0461 e. The number of fused-ring (bicyclic) bond motifs is 1. The molecule has 0 aliphatic heterocycles. The molecule has 17 heavy (non-hydrogen) atoms. The first kappa shape index (κ1) is 10.8. The maximum atomic E-state index is 3.58. The highest BCUT2D eigenvalue weighted by atomic mass is 14.9. The Morgan fingerprint density at radius 1 is 1.29 bits per heavy atom. The highest BCUT2D eigenvalue weighted by molar-refractivity contribution is 5.85. The fourth-order valence-electron chi connectivity index (χ4n) is 2.52. The van der Waals surface area contributed by atoms with E-state index in [0.717, 1.165) is 19.0 Å². The lowest BCUT2D eigenvalue weighted by molar-refractivity contribution is 0.682. The second-order valence-electron chi connectivity index (χ2n) is 5.26. The van der Waals surface area contributed by atoms with E-state index < -0.39 is 0 Å². The molecular weight excluding hydrogens is 208 g/mol. The minimum atomic E-state index is 0.808. The second-order valence-corrected chi connectivity index (χ2v) is 5.26. The van der Waals surface area contributed by atoms with Crippen molar-refractivity contribution in [3.63, 3.8) is 0 Å². The van der Waals surface area contributed by atoms with Crippen LogP contribution in [-0.2, 0) is 6.42 Å². The van der Waals surface area contributed by atoms with Crippen LogP contribution in [0.4, 0.5) is 0 Å². The molecule has 2 N–H and O–H groups in total. The number of aryl methyl sites for hydroxylation is 2. The molecule has 0 saturated heterocycles. The van der Waals surface area contributed by atoms with E-state index >= 15 is 0 Å². The van der Waals surface area contributed by atoms with Crippen molar-refractivity contribution in [3.8, 4) is 0 Å². The predicted molar refractivity (Wildman–Crippen MR) is 72.5 cm³/mol. The van der Waals surface area contributed by atoms with Gasteiger partial charge in [0.2, 0.25) is 0 Å². The molecule has 1 aromatic carbocycles. The second kappa shape index (κ2) is 4.19. The molecule has 0 unspecified atom stereocenters. The van der Waals surface area contributed by atoms with E-state index in [1.165, 1.54) is 40.6 Å². The highest BCUT2D eigenvalue weighted by Gasteiger charge is 2.20. The SMILES string of the molecule is Cc1ccc2c(CCNC3CC3)c(C)[nH]c2c1. The van der Waals surface area contributed by atoms with E-state index in [1.54, 1.807) is 0 Å². The fourth-order valence-corrected chi connectivity index (χ4v) is 2.52. The van der Waals surface area contributed by atoms with Gasteiger partial charge in [0.1, 0.15) is 0 Å². The van der Waals surface area contributed by atoms with Crippen LogP contribution in [0.2, 0.25) is 0 Å². The van der Waals surface area contributed by atoms with E-state index in [-0.39, 0.29) is 0 Å². The Kier molecular flexibility index (Phi) is 2.67. The molecule has 1 fully saturated rings. The summed E-state index contributed by atoms with van der Waals surface area (Å²) in [6.45, 7) is 5.43. The van der Waals surface area contributed by atoms with Gasteiger partial charge in [-0.25, -0.2) is 0 Å². The van der Waals surface area contributed by atoms with E-state index in [1.807, 2.05) is 0 Å². The van der Waals surface area contributed by atoms with Gasteiger partial charge in [0.15, 0.2) is 0 Å². The zero-order chi connectivity index (χ0) is 11.8. The standard InChI is InChI=1S/C15H20N2/c1-10-3-6-14-13(7-8-16-12-4-5-12)11(2)17-15(14)9-10/h3,6,9,12,16-17H,4-5,7-8H2,1-2H3. The van der Waals surface area contributed by atoms with Crippen LogP contribution in [0.1, 0.15) is 29.7 Å². The zero-order valence-electron chi connectivity index (χ0n) is 10.6. The van der Waals surface area contributed by atoms with Crippen molar-refractivity contribution in [1.82, 2.24) is 10.3 Å². The summed E-state index contributed by atoms with van der Waals surface area (Å²) in [6, 6.07) is 7.50. The summed E-state index contributed by atoms with van der Waals surface area (Å²) in [4.78, 5) is 3.49. The van der Waals surface area contributed by atoms with E-state index in [9.17, 15) is 0 Å². The number of aromatic nitrogens is 1. The van der Waals surface area contributed by atoms with Crippen LogP contribution in [-0.4, -0.2) is 17.6 Å². The van der Waals surface area contributed by atoms with Crippen LogP contribution < -0.4 is 5.32 Å². The van der Waals surface area contributed by atoms with Gasteiger partial charge < -0.3 is 10.3 Å². The normalized spacial score (nSPS) is 15.6. The number of aromatic amines is 1. The Labute approximate surface area is 102 Å². The van der Waals surface area contributed by atoms with Crippen molar-refractivity contribution in [2.45, 2.75) is 39.2 Å². The first-order chi connectivity index (χ1) is 8.24. The Bertz CT molecular complexity index is 535. The Morgan fingerprint density at radius 2 is 2.12 bits per heavy atom. The van der Waals surface area contributed by atoms with Crippen LogP contribution in [0.15, 0.2) is 18.2 Å². The molecule has 2 nitrogen and oxygen atoms in total. The van der Waals surface area contributed by atoms with E-state index in [2.05, 4.69) is 42.3 Å². The summed E-state index contributed by atoms with van der Waals surface area (Å²) in [5.74, 6) is 0. The molecule has 1 aromatic heterocycles. The number of hydrogen-bond donors (Lipinski definition) is 2. The maximum absolute atomic E-state index is 3.58. The molecule has 1 saturated carbocycles. The molecule has 2 aromatic rings. The molecule has 0 atom stereocenters. The number of nitrogens with one attached hydrogen (secondary N) is 2. The topological polar surface area (TPSA) is 27.8 Å². The zero-order valence-corrected chi connectivity index (χ0v) is 10.6. The Balaban J connectivity index is 1.83. The lowest BCUT2D eigenvalue weighted by Crippen LogP contribution is -2.19. The van der Waals surface area contributed by atoms with Crippen LogP contribution in [0, 0.1) is 13.8 Å². The number of hydrogen-bond acceptors (Lipinski definition) is 1. The van der Waals surface area contributed by atoms with Crippen molar-refractivity contribution in [1.29, 1.82) is 0 Å². The van der Waals surface area contributed by atoms with Gasteiger partial charge in [-0.15, -0.1) is 0 Å². The molecule has 0 amide bonds. The third-order valence-electron chi connectivity index (χ3n) is 3.66. The van der Waals surface area contributed by atoms with E-state index in [4.69, 9.17) is 0 Å². The minimum absolute atomic E-state index is 0.808. The minimum Gasteiger partial charge on any atom is -0.358 e. The van der Waals surface area contributed by atoms with Gasteiger partial charge in [-0.1, -0.05) is 12.1 Å². The van der Waals surface area contributed by atoms with Gasteiger partial charge in [-0.2, -0.15) is 0 Å². The highest BCUT2D eigenvalue weighted by Crippen LogP contribution is 2.24. The summed E-state index contributed by atoms with van der Waals surface area (Å²) in [5.41, 5.74) is 5.40. The van der Waals surface area contributed by atoms with Crippen molar-refractivity contribution < 1.29 is 0 Å². The predicted octanol–water partition coefficient (Wildman–Crippen LogP) is 3.08. The Hall–Kier alpha value is -1.28. The van der Waals surface area contributed by atoms with E-state index in [0.29, 0.717) is 0 Å². The molecule has 0 radical (unpaired) electrons. The summed E-state index contributed by atoms with van der Waals surface area (Å²) in [7, 11) is 0. The lowest BCUT2D eigenvalue weighted by Gasteiger charge is -2.03. The van der Waals surface area contributed by atoms with Gasteiger partial charge in [0, 0.05) is 22.6 Å². The molecule has 1 aliphatic rings. The summed E-state index contributed by atoms with van der Waals surface area (Å²) in [6.07, 6.45) is 3.86. The molecular formula is C15H20N2. The van der Waals surface area contributed by atoms with Crippen LogP contribution >= 0.6 is 0 Å². The summed E-state index contributed by atoms with van der Waals surface area (Å²) >= 11 is 0. The van der Waals surface area contributed by atoms with Crippen LogP contribution in [0.3, 0.4) is 0 Å². The van der Waals surface area contributed by atoms with Crippen LogP contribution in [0.5, 0.6) is 0 Å². The fraction of sp³-hybridized carbons (Fsp3) is 0.467. The van der Waals surface area contributed by atoms with Gasteiger partial charge in [-0.05, 0) is 56.8 Å². The molecule has 1 heterocycles. The summed E-state index contributed by atoms with van der Waals surface area (Å²) < 4.78 is 0. The van der Waals surface area contributed by atoms with Gasteiger partial charge in [0.25, 0.3) is 0 Å². The first-order valence-electron chi connectivity index (χ1n) is 6.55. The summed E-state index contributed by atoms with van der Waals surface area (Å²) in [5, 5.41) is 4.98. The van der Waals surface area contributed by atoms with Gasteiger partial charge >= 0.3 is 0 Å². The average Bonchev–Trinajstić information content (AvgIpc) is 3.04. The van der Waals surface area contributed by atoms with Crippen molar-refractivity contribution in [2.75, 3.05) is 6.54 Å². The first-order valence-corrected chi connectivity index (χ1v) is 6.55. The molecule has 3 rings (SSSR count). The lowest BCUT2D eigenvalue weighted by atomic mass is 10.1. The van der Waals surface area contributed by atoms with Crippen LogP contribution in [0.25, 0.3) is 10.9 Å². The molecule has 0 bridgehead atoms. The quantitative estimate of drug-likeness (QED) is 0.827. The van der Waals surface area contributed by atoms with Gasteiger partial charge in [0.05, 0.1) is 0 Å². The number of rotatable bonds is 4.